The summed E-state index contributed by atoms with van der Waals surface area (Å²) in [7, 11) is 0. The molecule has 0 saturated heterocycles. The number of nitrogens with one attached hydrogen (secondary N) is 2. The van der Waals surface area contributed by atoms with Crippen LogP contribution >= 0.6 is 0 Å². The van der Waals surface area contributed by atoms with Crippen molar-refractivity contribution in [3.63, 3.8) is 0 Å². The van der Waals surface area contributed by atoms with Gasteiger partial charge in [-0.05, 0) is 12.3 Å². The predicted octanol–water partition coefficient (Wildman–Crippen LogP) is 1.38. The zero-order valence-electron chi connectivity index (χ0n) is 18.1. The van der Waals surface area contributed by atoms with Crippen LogP contribution in [0.4, 0.5) is 0 Å². The Morgan fingerprint density at radius 1 is 0.786 bits per heavy atom. The fourth-order valence-electron chi connectivity index (χ4n) is 2.18. The Labute approximate surface area is 170 Å². The van der Waals surface area contributed by atoms with E-state index in [4.69, 9.17) is 18.9 Å². The third-order valence-corrected chi connectivity index (χ3v) is 3.77. The maximum Gasteiger partial charge on any atom is 0.246 e. The van der Waals surface area contributed by atoms with Gasteiger partial charge in [0.05, 0.1) is 46.2 Å². The first-order valence-corrected chi connectivity index (χ1v) is 10.3. The third-order valence-electron chi connectivity index (χ3n) is 3.77. The van der Waals surface area contributed by atoms with E-state index in [2.05, 4.69) is 17.6 Å². The minimum atomic E-state index is -0.105. The minimum Gasteiger partial charge on any atom is -0.377 e. The van der Waals surface area contributed by atoms with Crippen molar-refractivity contribution in [3.8, 4) is 0 Å². The molecule has 1 unspecified atom stereocenters. The van der Waals surface area contributed by atoms with Crippen molar-refractivity contribution < 1.29 is 28.5 Å². The summed E-state index contributed by atoms with van der Waals surface area (Å²) >= 11 is 0. The molecule has 8 nitrogen and oxygen atoms in total. The number of hydrogen-bond acceptors (Lipinski definition) is 6. The van der Waals surface area contributed by atoms with Gasteiger partial charge in [-0.25, -0.2) is 0 Å². The summed E-state index contributed by atoms with van der Waals surface area (Å²) < 4.78 is 21.4. The topological polar surface area (TPSA) is 95.1 Å². The zero-order chi connectivity index (χ0) is 21.0. The first kappa shape index (κ1) is 26.8. The van der Waals surface area contributed by atoms with Gasteiger partial charge in [0.25, 0.3) is 0 Å². The Morgan fingerprint density at radius 3 is 1.86 bits per heavy atom. The van der Waals surface area contributed by atoms with Gasteiger partial charge in [-0.3, -0.25) is 9.59 Å². The van der Waals surface area contributed by atoms with Crippen molar-refractivity contribution in [1.82, 2.24) is 10.6 Å². The predicted molar refractivity (Wildman–Crippen MR) is 108 cm³/mol. The van der Waals surface area contributed by atoms with E-state index in [0.717, 1.165) is 12.8 Å². The van der Waals surface area contributed by atoms with Gasteiger partial charge in [0.1, 0.15) is 6.61 Å². The number of amides is 2. The van der Waals surface area contributed by atoms with E-state index in [-0.39, 0.29) is 24.3 Å². The second-order valence-corrected chi connectivity index (χ2v) is 7.07. The molecule has 2 N–H and O–H groups in total. The molecule has 0 aromatic rings. The van der Waals surface area contributed by atoms with Crippen LogP contribution in [0.2, 0.25) is 0 Å². The van der Waals surface area contributed by atoms with Gasteiger partial charge in [0.15, 0.2) is 0 Å². The maximum atomic E-state index is 11.7. The largest absolute Gasteiger partial charge is 0.377 e. The highest BCUT2D eigenvalue weighted by Gasteiger charge is 2.10. The van der Waals surface area contributed by atoms with Gasteiger partial charge < -0.3 is 29.6 Å². The molecule has 0 saturated carbocycles. The molecule has 0 spiro atoms. The molecule has 2 amide bonds. The molecule has 0 aliphatic carbocycles. The Morgan fingerprint density at radius 2 is 1.32 bits per heavy atom. The van der Waals surface area contributed by atoms with Crippen LogP contribution in [0.5, 0.6) is 0 Å². The van der Waals surface area contributed by atoms with Crippen molar-refractivity contribution >= 4 is 11.8 Å². The van der Waals surface area contributed by atoms with Crippen LogP contribution in [0, 0.1) is 11.8 Å². The smallest absolute Gasteiger partial charge is 0.246 e. The van der Waals surface area contributed by atoms with Gasteiger partial charge >= 0.3 is 0 Å². The lowest BCUT2D eigenvalue weighted by atomic mass is 10.1. The number of ether oxygens (including phenoxy) is 4. The van der Waals surface area contributed by atoms with Gasteiger partial charge in [-0.2, -0.15) is 0 Å². The van der Waals surface area contributed by atoms with Crippen LogP contribution in [0.3, 0.4) is 0 Å². The maximum absolute atomic E-state index is 11.7. The standard InChI is InChI=1S/C20H40N2O6/c1-5-6-18(4)20(24)21-7-8-25-9-10-26-11-12-27-13-14-28-16-19(23)22-15-17(2)3/h17-18H,5-16H2,1-4H3,(H,21,24)(H,22,23). The SMILES string of the molecule is CCCC(C)C(=O)NCCOCCOCCOCCOCC(=O)NCC(C)C. The molecule has 0 fully saturated rings. The monoisotopic (exact) mass is 404 g/mol. The normalized spacial score (nSPS) is 12.2. The summed E-state index contributed by atoms with van der Waals surface area (Å²) in [6.07, 6.45) is 1.91. The Balaban J connectivity index is 3.24. The summed E-state index contributed by atoms with van der Waals surface area (Å²) in [5.74, 6) is 0.463. The molecule has 8 heteroatoms. The van der Waals surface area contributed by atoms with Crippen molar-refractivity contribution in [2.75, 3.05) is 65.9 Å². The first-order valence-electron chi connectivity index (χ1n) is 10.3. The van der Waals surface area contributed by atoms with Gasteiger partial charge in [0.2, 0.25) is 11.8 Å². The van der Waals surface area contributed by atoms with E-state index in [9.17, 15) is 9.59 Å². The Bertz CT molecular complexity index is 393. The summed E-state index contributed by atoms with van der Waals surface area (Å²) in [4.78, 5) is 23.1. The molecule has 0 heterocycles. The van der Waals surface area contributed by atoms with E-state index in [1.54, 1.807) is 0 Å². The molecule has 1 atom stereocenters. The Hall–Kier alpha value is -1.22. The lowest BCUT2D eigenvalue weighted by Gasteiger charge is -2.11. The molecular weight excluding hydrogens is 364 g/mol. The van der Waals surface area contributed by atoms with Gasteiger partial charge in [-0.1, -0.05) is 34.1 Å². The summed E-state index contributed by atoms with van der Waals surface area (Å²) in [5, 5.41) is 5.64. The summed E-state index contributed by atoms with van der Waals surface area (Å²) in [5.41, 5.74) is 0. The molecule has 0 aromatic carbocycles. The lowest BCUT2D eigenvalue weighted by Crippen LogP contribution is -2.32. The van der Waals surface area contributed by atoms with Gasteiger partial charge in [-0.15, -0.1) is 0 Å². The highest BCUT2D eigenvalue weighted by atomic mass is 16.6. The molecule has 166 valence electrons. The summed E-state index contributed by atoms with van der Waals surface area (Å²) in [6.45, 7) is 12.5. The molecule has 0 aliphatic rings. The zero-order valence-corrected chi connectivity index (χ0v) is 18.1. The van der Waals surface area contributed by atoms with E-state index < -0.39 is 0 Å². The number of carbonyl (C=O) groups excluding carboxylic acids is 2. The van der Waals surface area contributed by atoms with E-state index in [0.29, 0.717) is 65.3 Å². The van der Waals surface area contributed by atoms with Crippen LogP contribution < -0.4 is 10.6 Å². The van der Waals surface area contributed by atoms with Crippen LogP contribution in [-0.2, 0) is 28.5 Å². The van der Waals surface area contributed by atoms with Gasteiger partial charge in [0, 0.05) is 19.0 Å². The third kappa shape index (κ3) is 18.2. The number of hydrogen-bond donors (Lipinski definition) is 2. The number of rotatable bonds is 19. The fourth-order valence-corrected chi connectivity index (χ4v) is 2.18. The molecule has 0 radical (unpaired) electrons. The van der Waals surface area contributed by atoms with Crippen LogP contribution in [0.25, 0.3) is 0 Å². The molecule has 0 aromatic heterocycles. The van der Waals surface area contributed by atoms with Crippen LogP contribution in [-0.4, -0.2) is 77.8 Å². The van der Waals surface area contributed by atoms with E-state index >= 15 is 0 Å². The van der Waals surface area contributed by atoms with E-state index in [1.807, 2.05) is 20.8 Å². The fraction of sp³-hybridized carbons (Fsp3) is 0.900. The van der Waals surface area contributed by atoms with Crippen molar-refractivity contribution in [2.45, 2.75) is 40.5 Å². The average Bonchev–Trinajstić information content (AvgIpc) is 2.66. The van der Waals surface area contributed by atoms with Crippen molar-refractivity contribution in [3.05, 3.63) is 0 Å². The number of carbonyl (C=O) groups is 2. The lowest BCUT2D eigenvalue weighted by molar-refractivity contribution is -0.126. The average molecular weight is 405 g/mol. The second-order valence-electron chi connectivity index (χ2n) is 7.07. The molecule has 0 aliphatic heterocycles. The minimum absolute atomic E-state index is 0.0563. The van der Waals surface area contributed by atoms with Crippen molar-refractivity contribution in [2.24, 2.45) is 11.8 Å². The molecule has 28 heavy (non-hydrogen) atoms. The first-order chi connectivity index (χ1) is 13.5. The summed E-state index contributed by atoms with van der Waals surface area (Å²) in [6, 6.07) is 0. The van der Waals surface area contributed by atoms with E-state index in [1.165, 1.54) is 0 Å². The second kappa shape index (κ2) is 19.1. The Kier molecular flexibility index (Phi) is 18.3. The highest BCUT2D eigenvalue weighted by Crippen LogP contribution is 2.03. The quantitative estimate of drug-likeness (QED) is 0.316. The molecule has 0 rings (SSSR count). The molecule has 0 bridgehead atoms. The van der Waals surface area contributed by atoms with Crippen LogP contribution in [0.1, 0.15) is 40.5 Å². The van der Waals surface area contributed by atoms with Crippen molar-refractivity contribution in [1.29, 1.82) is 0 Å². The van der Waals surface area contributed by atoms with Crippen LogP contribution in [0.15, 0.2) is 0 Å². The highest BCUT2D eigenvalue weighted by molar-refractivity contribution is 5.78. The molecular formula is C20H40N2O6.